The van der Waals surface area contributed by atoms with Crippen LogP contribution in [0.15, 0.2) is 164 Å². The average molecular weight is 686 g/mol. The highest BCUT2D eigenvalue weighted by atomic mass is 16.5. The van der Waals surface area contributed by atoms with E-state index < -0.39 is 5.41 Å². The van der Waals surface area contributed by atoms with E-state index >= 15 is 0 Å². The van der Waals surface area contributed by atoms with Crippen LogP contribution in [0.4, 0.5) is 0 Å². The zero-order valence-corrected chi connectivity index (χ0v) is 30.3. The molecule has 0 amide bonds. The Bertz CT molecular complexity index is 2640. The molecule has 0 bridgehead atoms. The van der Waals surface area contributed by atoms with Gasteiger partial charge in [0.1, 0.15) is 11.5 Å². The molecule has 53 heavy (non-hydrogen) atoms. The van der Waals surface area contributed by atoms with Crippen molar-refractivity contribution in [3.8, 4) is 56.3 Å². The second-order valence-electron chi connectivity index (χ2n) is 14.9. The Balaban J connectivity index is 1.23. The molecule has 0 N–H and O–H groups in total. The summed E-state index contributed by atoms with van der Waals surface area (Å²) in [7, 11) is 0. The first-order valence-electron chi connectivity index (χ1n) is 18.2. The number of hydrogen-bond acceptors (Lipinski definition) is 4. The number of aromatic nitrogens is 3. The monoisotopic (exact) mass is 685 g/mol. The van der Waals surface area contributed by atoms with Crippen LogP contribution in [0.2, 0.25) is 0 Å². The Hall–Kier alpha value is -6.39. The summed E-state index contributed by atoms with van der Waals surface area (Å²) < 4.78 is 7.20. The molecular formula is C49H39N3O. The summed E-state index contributed by atoms with van der Waals surface area (Å²) in [5, 5.41) is 1.10. The number of rotatable bonds is 6. The van der Waals surface area contributed by atoms with Crippen LogP contribution in [0.25, 0.3) is 55.7 Å². The van der Waals surface area contributed by atoms with Gasteiger partial charge < -0.3 is 4.74 Å². The molecule has 0 saturated carbocycles. The number of hydrogen-bond donors (Lipinski definition) is 0. The van der Waals surface area contributed by atoms with Crippen LogP contribution >= 0.6 is 0 Å². The largest absolute Gasteiger partial charge is 0.455 e. The Morgan fingerprint density at radius 3 is 1.87 bits per heavy atom. The fraction of sp³-hybridized carbons (Fsp3) is 0.122. The standard InChI is InChI=1S/C49H39N3O/c1-48(2)39-22-11-20-36(34-26-28-41-35(31-34)19-14-30-50-41)45(39)53-46-37(21-12-23-40(46)48)38-27-29-43(33-17-9-6-10-18-33)52-47(38)49(3,4)44-25-13-24-42(51-44)32-15-7-5-8-16-32/h5-31H,1-4H3. The second kappa shape index (κ2) is 12.7. The number of ether oxygens (including phenoxy) is 1. The lowest BCUT2D eigenvalue weighted by atomic mass is 9.73. The molecule has 5 aromatic carbocycles. The smallest absolute Gasteiger partial charge is 0.139 e. The molecule has 256 valence electrons. The molecule has 0 radical (unpaired) electrons. The molecule has 4 nitrogen and oxygen atoms in total. The highest BCUT2D eigenvalue weighted by molar-refractivity contribution is 5.88. The molecule has 0 unspecified atom stereocenters. The zero-order chi connectivity index (χ0) is 36.2. The summed E-state index contributed by atoms with van der Waals surface area (Å²) in [6.45, 7) is 9.05. The van der Waals surface area contributed by atoms with Crippen LogP contribution < -0.4 is 4.74 Å². The summed E-state index contributed by atoms with van der Waals surface area (Å²) in [5.74, 6) is 1.74. The zero-order valence-electron chi connectivity index (χ0n) is 30.3. The van der Waals surface area contributed by atoms with Gasteiger partial charge in [0.25, 0.3) is 0 Å². The molecule has 1 aliphatic rings. The molecule has 0 saturated heterocycles. The third kappa shape index (κ3) is 5.59. The normalized spacial score (nSPS) is 13.2. The average Bonchev–Trinajstić information content (AvgIpc) is 3.21. The van der Waals surface area contributed by atoms with Gasteiger partial charge in [-0.2, -0.15) is 0 Å². The van der Waals surface area contributed by atoms with E-state index in [1.807, 2.05) is 24.4 Å². The van der Waals surface area contributed by atoms with Gasteiger partial charge in [-0.1, -0.05) is 135 Å². The topological polar surface area (TPSA) is 47.9 Å². The minimum Gasteiger partial charge on any atom is -0.455 e. The van der Waals surface area contributed by atoms with Crippen molar-refractivity contribution in [2.24, 2.45) is 0 Å². The first-order valence-corrected chi connectivity index (χ1v) is 18.2. The van der Waals surface area contributed by atoms with Crippen LogP contribution in [0, 0.1) is 0 Å². The van der Waals surface area contributed by atoms with E-state index in [1.165, 1.54) is 0 Å². The predicted octanol–water partition coefficient (Wildman–Crippen LogP) is 12.5. The van der Waals surface area contributed by atoms with Gasteiger partial charge in [0, 0.05) is 61.4 Å². The van der Waals surface area contributed by atoms with Crippen molar-refractivity contribution in [2.75, 3.05) is 0 Å². The Morgan fingerprint density at radius 2 is 1.15 bits per heavy atom. The predicted molar refractivity (Wildman–Crippen MR) is 216 cm³/mol. The minimum absolute atomic E-state index is 0.327. The second-order valence-corrected chi connectivity index (χ2v) is 14.9. The van der Waals surface area contributed by atoms with Crippen molar-refractivity contribution in [3.05, 3.63) is 186 Å². The molecular weight excluding hydrogens is 647 g/mol. The molecule has 4 heteroatoms. The number of nitrogens with zero attached hydrogens (tertiary/aromatic N) is 3. The van der Waals surface area contributed by atoms with Crippen molar-refractivity contribution in [1.82, 2.24) is 15.0 Å². The lowest BCUT2D eigenvalue weighted by molar-refractivity contribution is 0.421. The van der Waals surface area contributed by atoms with Crippen molar-refractivity contribution < 1.29 is 4.74 Å². The van der Waals surface area contributed by atoms with E-state index in [9.17, 15) is 0 Å². The summed E-state index contributed by atoms with van der Waals surface area (Å²) in [5.41, 5.74) is 12.4. The number of pyridine rings is 3. The van der Waals surface area contributed by atoms with Crippen molar-refractivity contribution in [2.45, 2.75) is 38.5 Å². The van der Waals surface area contributed by atoms with Crippen LogP contribution in [-0.4, -0.2) is 15.0 Å². The molecule has 3 aromatic heterocycles. The maximum Gasteiger partial charge on any atom is 0.139 e. The molecule has 1 aliphatic heterocycles. The maximum atomic E-state index is 7.20. The fourth-order valence-electron chi connectivity index (χ4n) is 7.80. The van der Waals surface area contributed by atoms with Gasteiger partial charge in [-0.25, -0.2) is 0 Å². The summed E-state index contributed by atoms with van der Waals surface area (Å²) in [6.07, 6.45) is 1.84. The summed E-state index contributed by atoms with van der Waals surface area (Å²) in [4.78, 5) is 15.3. The van der Waals surface area contributed by atoms with Crippen LogP contribution in [0.5, 0.6) is 11.5 Å². The maximum absolute atomic E-state index is 7.20. The number of benzene rings is 5. The Labute approximate surface area is 310 Å². The quantitative estimate of drug-likeness (QED) is 0.175. The fourth-order valence-corrected chi connectivity index (χ4v) is 7.80. The highest BCUT2D eigenvalue weighted by Crippen LogP contribution is 2.55. The van der Waals surface area contributed by atoms with Crippen molar-refractivity contribution >= 4 is 10.9 Å². The molecule has 0 spiro atoms. The van der Waals surface area contributed by atoms with Gasteiger partial charge >= 0.3 is 0 Å². The van der Waals surface area contributed by atoms with Gasteiger partial charge in [0.05, 0.1) is 28.3 Å². The van der Waals surface area contributed by atoms with E-state index in [1.54, 1.807) is 0 Å². The third-order valence-electron chi connectivity index (χ3n) is 10.8. The molecule has 8 aromatic rings. The van der Waals surface area contributed by atoms with E-state index in [0.29, 0.717) is 0 Å². The summed E-state index contributed by atoms with van der Waals surface area (Å²) >= 11 is 0. The van der Waals surface area contributed by atoms with Crippen LogP contribution in [0.3, 0.4) is 0 Å². The molecule has 4 heterocycles. The Kier molecular flexibility index (Phi) is 7.78. The first kappa shape index (κ1) is 32.5. The number of fused-ring (bicyclic) bond motifs is 3. The van der Waals surface area contributed by atoms with Gasteiger partial charge in [0.2, 0.25) is 0 Å². The van der Waals surface area contributed by atoms with Crippen LogP contribution in [0.1, 0.15) is 50.2 Å². The van der Waals surface area contributed by atoms with E-state index in [2.05, 4.69) is 172 Å². The molecule has 0 atom stereocenters. The molecule has 9 rings (SSSR count). The minimum atomic E-state index is -0.569. The molecule has 0 aliphatic carbocycles. The van der Waals surface area contributed by atoms with Gasteiger partial charge in [-0.05, 0) is 55.8 Å². The highest BCUT2D eigenvalue weighted by Gasteiger charge is 2.38. The van der Waals surface area contributed by atoms with E-state index in [4.69, 9.17) is 14.7 Å². The van der Waals surface area contributed by atoms with E-state index in [0.717, 1.165) is 89.7 Å². The van der Waals surface area contributed by atoms with E-state index in [-0.39, 0.29) is 5.41 Å². The lowest BCUT2D eigenvalue weighted by Crippen LogP contribution is -2.26. The first-order chi connectivity index (χ1) is 25.8. The van der Waals surface area contributed by atoms with Crippen molar-refractivity contribution in [3.63, 3.8) is 0 Å². The Morgan fingerprint density at radius 1 is 0.509 bits per heavy atom. The van der Waals surface area contributed by atoms with Gasteiger partial charge in [0.15, 0.2) is 0 Å². The molecule has 0 fully saturated rings. The van der Waals surface area contributed by atoms with Crippen molar-refractivity contribution in [1.29, 1.82) is 0 Å². The SMILES string of the molecule is CC1(C)c2cccc(-c3ccc4ncccc4c3)c2Oc2c(-c3ccc(-c4ccccc4)nc3C(C)(C)c3cccc(-c4ccccc4)n3)cccc21. The summed E-state index contributed by atoms with van der Waals surface area (Å²) in [6, 6.07) is 55.0. The van der Waals surface area contributed by atoms with Gasteiger partial charge in [-0.3, -0.25) is 15.0 Å². The number of para-hydroxylation sites is 2. The van der Waals surface area contributed by atoms with Gasteiger partial charge in [-0.15, -0.1) is 0 Å². The van der Waals surface area contributed by atoms with Crippen LogP contribution in [-0.2, 0) is 10.8 Å². The third-order valence-corrected chi connectivity index (χ3v) is 10.8. The lowest BCUT2D eigenvalue weighted by Gasteiger charge is -2.37.